The molecule has 0 saturated heterocycles. The van der Waals surface area contributed by atoms with Crippen LogP contribution in [0.25, 0.3) is 16.6 Å². The fourth-order valence-corrected chi connectivity index (χ4v) is 4.24. The van der Waals surface area contributed by atoms with Gasteiger partial charge in [0.2, 0.25) is 0 Å². The van der Waals surface area contributed by atoms with E-state index in [9.17, 15) is 9.59 Å². The predicted molar refractivity (Wildman–Crippen MR) is 135 cm³/mol. The number of aromatic nitrogens is 2. The molecule has 0 saturated carbocycles. The molecule has 0 N–H and O–H groups in total. The topological polar surface area (TPSA) is 64.4 Å². The number of hydrogen-bond donors (Lipinski definition) is 0. The minimum Gasteiger partial charge on any atom is -0.495 e. The lowest BCUT2D eigenvalue weighted by Gasteiger charge is -2.30. The van der Waals surface area contributed by atoms with Crippen molar-refractivity contribution in [1.29, 1.82) is 0 Å². The maximum atomic E-state index is 13.8. The van der Waals surface area contributed by atoms with Crippen LogP contribution in [0.3, 0.4) is 0 Å². The lowest BCUT2D eigenvalue weighted by Crippen LogP contribution is -2.38. The summed E-state index contributed by atoms with van der Waals surface area (Å²) in [4.78, 5) is 34.0. The SMILES string of the molecule is CCCN(C(=O)c1ccccc1)C(C)c1nc2ccccc2c(=O)n1-c1cc(C)ccc1OC. The molecular formula is C28H29N3O3. The number of methoxy groups -OCH3 is 1. The predicted octanol–water partition coefficient (Wildman–Crippen LogP) is 5.32. The first-order valence-corrected chi connectivity index (χ1v) is 11.5. The fourth-order valence-electron chi connectivity index (χ4n) is 4.24. The van der Waals surface area contributed by atoms with Gasteiger partial charge in [0.25, 0.3) is 11.5 Å². The van der Waals surface area contributed by atoms with E-state index in [0.29, 0.717) is 40.3 Å². The van der Waals surface area contributed by atoms with Crippen molar-refractivity contribution in [2.75, 3.05) is 13.7 Å². The number of fused-ring (bicyclic) bond motifs is 1. The number of para-hydroxylation sites is 1. The van der Waals surface area contributed by atoms with Gasteiger partial charge in [-0.2, -0.15) is 0 Å². The zero-order chi connectivity index (χ0) is 24.2. The van der Waals surface area contributed by atoms with Gasteiger partial charge in [-0.3, -0.25) is 14.2 Å². The van der Waals surface area contributed by atoms with Crippen molar-refractivity contribution < 1.29 is 9.53 Å². The van der Waals surface area contributed by atoms with Crippen molar-refractivity contribution in [3.63, 3.8) is 0 Å². The van der Waals surface area contributed by atoms with Crippen molar-refractivity contribution in [1.82, 2.24) is 14.5 Å². The number of rotatable bonds is 7. The first-order valence-electron chi connectivity index (χ1n) is 11.5. The van der Waals surface area contributed by atoms with E-state index < -0.39 is 6.04 Å². The third-order valence-electron chi connectivity index (χ3n) is 5.96. The molecular weight excluding hydrogens is 426 g/mol. The molecule has 0 aliphatic carbocycles. The standard InChI is InChI=1S/C28H29N3O3/c1-5-17-30(27(32)21-11-7-6-8-12-21)20(3)26-29-23-14-10-9-13-22(23)28(33)31(26)24-18-19(2)15-16-25(24)34-4/h6-16,18,20H,5,17H2,1-4H3. The quantitative estimate of drug-likeness (QED) is 0.379. The smallest absolute Gasteiger partial charge is 0.266 e. The van der Waals surface area contributed by atoms with Crippen molar-refractivity contribution in [2.45, 2.75) is 33.2 Å². The zero-order valence-corrected chi connectivity index (χ0v) is 20.0. The molecule has 1 unspecified atom stereocenters. The summed E-state index contributed by atoms with van der Waals surface area (Å²) in [6.07, 6.45) is 0.772. The average molecular weight is 456 g/mol. The Morgan fingerprint density at radius 1 is 1.06 bits per heavy atom. The van der Waals surface area contributed by atoms with Crippen LogP contribution in [0.15, 0.2) is 77.6 Å². The highest BCUT2D eigenvalue weighted by atomic mass is 16.5. The van der Waals surface area contributed by atoms with E-state index in [0.717, 1.165) is 12.0 Å². The van der Waals surface area contributed by atoms with E-state index >= 15 is 0 Å². The molecule has 34 heavy (non-hydrogen) atoms. The van der Waals surface area contributed by atoms with Gasteiger partial charge in [0.15, 0.2) is 0 Å². The van der Waals surface area contributed by atoms with Crippen LogP contribution < -0.4 is 10.3 Å². The first-order chi connectivity index (χ1) is 16.5. The van der Waals surface area contributed by atoms with Crippen LogP contribution in [0, 0.1) is 6.92 Å². The van der Waals surface area contributed by atoms with Gasteiger partial charge >= 0.3 is 0 Å². The van der Waals surface area contributed by atoms with Gasteiger partial charge in [0.1, 0.15) is 11.6 Å². The molecule has 0 spiro atoms. The first kappa shape index (κ1) is 23.2. The van der Waals surface area contributed by atoms with Gasteiger partial charge in [-0.05, 0) is 62.2 Å². The summed E-state index contributed by atoms with van der Waals surface area (Å²) in [5.41, 5.74) is 2.60. The molecule has 0 aliphatic rings. The van der Waals surface area contributed by atoms with Gasteiger partial charge in [0.05, 0.1) is 29.7 Å². The highest BCUT2D eigenvalue weighted by Gasteiger charge is 2.28. The third-order valence-corrected chi connectivity index (χ3v) is 5.96. The summed E-state index contributed by atoms with van der Waals surface area (Å²) < 4.78 is 7.21. The fraction of sp³-hybridized carbons (Fsp3) is 0.250. The Morgan fingerprint density at radius 2 is 1.76 bits per heavy atom. The maximum Gasteiger partial charge on any atom is 0.266 e. The molecule has 1 atom stereocenters. The Hall–Kier alpha value is -3.93. The Balaban J connectivity index is 1.97. The van der Waals surface area contributed by atoms with Crippen LogP contribution in [-0.4, -0.2) is 34.0 Å². The summed E-state index contributed by atoms with van der Waals surface area (Å²) in [5, 5.41) is 0.512. The highest BCUT2D eigenvalue weighted by molar-refractivity contribution is 5.94. The number of carbonyl (C=O) groups is 1. The second-order valence-corrected chi connectivity index (χ2v) is 8.34. The second kappa shape index (κ2) is 9.91. The minimum atomic E-state index is -0.463. The van der Waals surface area contributed by atoms with Gasteiger partial charge in [-0.25, -0.2) is 4.98 Å². The Bertz CT molecular complexity index is 1380. The summed E-state index contributed by atoms with van der Waals surface area (Å²) >= 11 is 0. The number of nitrogens with zero attached hydrogens (tertiary/aromatic N) is 3. The Labute approximate surface area is 199 Å². The number of ether oxygens (including phenoxy) is 1. The largest absolute Gasteiger partial charge is 0.495 e. The molecule has 1 aromatic heterocycles. The number of benzene rings is 3. The van der Waals surface area contributed by atoms with Crippen LogP contribution in [0.4, 0.5) is 0 Å². The number of carbonyl (C=O) groups excluding carboxylic acids is 1. The van der Waals surface area contributed by atoms with Gasteiger partial charge in [-0.1, -0.05) is 43.3 Å². The van der Waals surface area contributed by atoms with E-state index in [4.69, 9.17) is 9.72 Å². The Kier molecular flexibility index (Phi) is 6.77. The van der Waals surface area contributed by atoms with Gasteiger partial charge in [0, 0.05) is 12.1 Å². The van der Waals surface area contributed by atoms with Crippen LogP contribution in [0.1, 0.15) is 48.1 Å². The molecule has 0 radical (unpaired) electrons. The van der Waals surface area contributed by atoms with Crippen LogP contribution >= 0.6 is 0 Å². The lowest BCUT2D eigenvalue weighted by atomic mass is 10.1. The molecule has 3 aromatic carbocycles. The van der Waals surface area contributed by atoms with Gasteiger partial charge in [-0.15, -0.1) is 0 Å². The van der Waals surface area contributed by atoms with E-state index in [-0.39, 0.29) is 11.5 Å². The molecule has 6 heteroatoms. The summed E-state index contributed by atoms with van der Waals surface area (Å²) in [7, 11) is 1.58. The summed E-state index contributed by atoms with van der Waals surface area (Å²) in [5.74, 6) is 0.958. The highest BCUT2D eigenvalue weighted by Crippen LogP contribution is 2.29. The average Bonchev–Trinajstić information content (AvgIpc) is 2.87. The number of hydrogen-bond acceptors (Lipinski definition) is 4. The Morgan fingerprint density at radius 3 is 2.47 bits per heavy atom. The minimum absolute atomic E-state index is 0.0971. The number of aryl methyl sites for hydroxylation is 1. The third kappa shape index (κ3) is 4.31. The number of amides is 1. The van der Waals surface area contributed by atoms with E-state index in [2.05, 4.69) is 0 Å². The molecule has 1 amide bonds. The van der Waals surface area contributed by atoms with Crippen LogP contribution in [0.5, 0.6) is 5.75 Å². The van der Waals surface area contributed by atoms with Crippen molar-refractivity contribution >= 4 is 16.8 Å². The second-order valence-electron chi connectivity index (χ2n) is 8.34. The van der Waals surface area contributed by atoms with Crippen LogP contribution in [-0.2, 0) is 0 Å². The molecule has 0 fully saturated rings. The van der Waals surface area contributed by atoms with E-state index in [1.54, 1.807) is 22.6 Å². The zero-order valence-electron chi connectivity index (χ0n) is 20.0. The van der Waals surface area contributed by atoms with E-state index in [1.807, 2.05) is 87.5 Å². The molecule has 174 valence electrons. The summed E-state index contributed by atoms with van der Waals surface area (Å²) in [6, 6.07) is 21.7. The summed E-state index contributed by atoms with van der Waals surface area (Å²) in [6.45, 7) is 6.45. The maximum absolute atomic E-state index is 13.8. The lowest BCUT2D eigenvalue weighted by molar-refractivity contribution is 0.0681. The molecule has 4 rings (SSSR count). The molecule has 6 nitrogen and oxygen atoms in total. The molecule has 1 heterocycles. The monoisotopic (exact) mass is 455 g/mol. The van der Waals surface area contributed by atoms with E-state index in [1.165, 1.54) is 0 Å². The molecule has 4 aromatic rings. The van der Waals surface area contributed by atoms with Crippen molar-refractivity contribution in [3.8, 4) is 11.4 Å². The normalized spacial score (nSPS) is 11.9. The molecule has 0 aliphatic heterocycles. The molecule has 0 bridgehead atoms. The van der Waals surface area contributed by atoms with Crippen LogP contribution in [0.2, 0.25) is 0 Å². The van der Waals surface area contributed by atoms with Crippen molar-refractivity contribution in [2.24, 2.45) is 0 Å². The van der Waals surface area contributed by atoms with Gasteiger partial charge < -0.3 is 9.64 Å². The van der Waals surface area contributed by atoms with Crippen molar-refractivity contribution in [3.05, 3.63) is 100 Å².